The molecule has 0 spiro atoms. The molecule has 0 heterocycles. The molecule has 6 rings (SSSR count). The number of nitrogens with zero attached hydrogens (tertiary/aromatic N) is 3. The van der Waals surface area contributed by atoms with Gasteiger partial charge in [0, 0.05) is 48.1 Å². The zero-order valence-corrected chi connectivity index (χ0v) is 61.6. The van der Waals surface area contributed by atoms with Gasteiger partial charge in [-0.2, -0.15) is 79.0 Å². The summed E-state index contributed by atoms with van der Waals surface area (Å²) in [5.41, 5.74) is -28.5. The summed E-state index contributed by atoms with van der Waals surface area (Å²) in [5.74, 6) is -11.4. The molecule has 0 radical (unpaired) electrons. The second-order valence-corrected chi connectivity index (χ2v) is 28.3. The lowest BCUT2D eigenvalue weighted by molar-refractivity contribution is -0.349. The molecule has 6 aromatic rings. The van der Waals surface area contributed by atoms with Crippen LogP contribution in [0.1, 0.15) is 137 Å². The topological polar surface area (TPSA) is 242 Å². The number of imide groups is 3. The number of aryl methyl sites for hydroxylation is 3. The van der Waals surface area contributed by atoms with Gasteiger partial charge in [0.25, 0.3) is 17.7 Å². The molecule has 1 atom stereocenters. The molecule has 6 aromatic carbocycles. The van der Waals surface area contributed by atoms with E-state index >= 15 is 0 Å². The van der Waals surface area contributed by atoms with Crippen molar-refractivity contribution in [3.63, 3.8) is 0 Å². The van der Waals surface area contributed by atoms with Crippen LogP contribution >= 0.6 is 11.8 Å². The van der Waals surface area contributed by atoms with Gasteiger partial charge < -0.3 is 14.2 Å². The van der Waals surface area contributed by atoms with Crippen LogP contribution in [0.25, 0.3) is 0 Å². The highest BCUT2D eigenvalue weighted by molar-refractivity contribution is 7.99. The van der Waals surface area contributed by atoms with E-state index in [1.54, 1.807) is 39.8 Å². The maximum absolute atomic E-state index is 14.6. The Morgan fingerprint density at radius 1 is 0.387 bits per heavy atom. The number of hydrogen-bond acceptors (Lipinski definition) is 16. The Morgan fingerprint density at radius 2 is 0.667 bits per heavy atom. The van der Waals surface area contributed by atoms with Crippen LogP contribution in [0.5, 0.6) is 0 Å². The average molecular weight is 1670 g/mol. The van der Waals surface area contributed by atoms with Crippen LogP contribution in [0.2, 0.25) is 0 Å². The van der Waals surface area contributed by atoms with Gasteiger partial charge in [-0.1, -0.05) is 57.2 Å². The van der Waals surface area contributed by atoms with Crippen LogP contribution in [0.15, 0.2) is 124 Å². The summed E-state index contributed by atoms with van der Waals surface area (Å²) >= 11 is 1.24. The minimum Gasteiger partial charge on any atom is -0.465 e. The number of anilines is 3. The van der Waals surface area contributed by atoms with Crippen molar-refractivity contribution >= 4 is 103 Å². The molecule has 111 heavy (non-hydrogen) atoms. The van der Waals surface area contributed by atoms with Gasteiger partial charge in [-0.3, -0.25) is 33.0 Å². The minimum absolute atomic E-state index is 0.00477. The summed E-state index contributed by atoms with van der Waals surface area (Å²) in [7, 11) is -3.60. The van der Waals surface area contributed by atoms with Crippen molar-refractivity contribution < 1.29 is 162 Å². The molecule has 0 aliphatic heterocycles. The van der Waals surface area contributed by atoms with E-state index in [-0.39, 0.29) is 68.0 Å². The van der Waals surface area contributed by atoms with Crippen LogP contribution in [0.3, 0.4) is 0 Å². The summed E-state index contributed by atoms with van der Waals surface area (Å²) in [4.78, 5) is 115. The van der Waals surface area contributed by atoms with E-state index in [4.69, 9.17) is 0 Å². The Labute approximate surface area is 622 Å². The number of amides is 6. The van der Waals surface area contributed by atoms with Crippen molar-refractivity contribution in [2.24, 2.45) is 0 Å². The van der Waals surface area contributed by atoms with Gasteiger partial charge in [-0.25, -0.2) is 50.7 Å². The van der Waals surface area contributed by atoms with E-state index in [9.17, 15) is 148 Å². The molecule has 0 bridgehead atoms. The van der Waals surface area contributed by atoms with E-state index < -0.39 is 195 Å². The lowest BCUT2D eigenvalue weighted by Crippen LogP contribution is -2.50. The predicted molar refractivity (Wildman–Crippen MR) is 355 cm³/mol. The Hall–Kier alpha value is -9.87. The maximum Gasteiger partial charge on any atom is 0.435 e. The molecular formula is C69H60F21N3O15S3. The molecule has 0 saturated carbocycles. The molecule has 606 valence electrons. The van der Waals surface area contributed by atoms with Crippen LogP contribution in [-0.2, 0) is 66.2 Å². The highest BCUT2D eigenvalue weighted by atomic mass is 32.2. The Morgan fingerprint density at radius 3 is 0.946 bits per heavy atom. The highest BCUT2D eigenvalue weighted by Gasteiger charge is 2.76. The van der Waals surface area contributed by atoms with Gasteiger partial charge in [-0.05, 0) is 116 Å². The maximum atomic E-state index is 14.6. The van der Waals surface area contributed by atoms with Crippen LogP contribution in [0.4, 0.5) is 109 Å². The second kappa shape index (κ2) is 34.8. The van der Waals surface area contributed by atoms with E-state index in [0.717, 1.165) is 52.7 Å². The number of carbonyl (C=O) groups is 9. The second-order valence-electron chi connectivity index (χ2n) is 23.1. The molecular weight excluding hydrogens is 1610 g/mol. The van der Waals surface area contributed by atoms with Gasteiger partial charge in [0.05, 0.1) is 98.1 Å². The first-order valence-electron chi connectivity index (χ1n) is 30.9. The lowest BCUT2D eigenvalue weighted by atomic mass is 9.91. The summed E-state index contributed by atoms with van der Waals surface area (Å²) in [6.07, 6.45) is -38.9. The van der Waals surface area contributed by atoms with E-state index in [2.05, 4.69) is 14.2 Å². The van der Waals surface area contributed by atoms with Crippen molar-refractivity contribution in [1.29, 1.82) is 0 Å². The Bertz CT molecular complexity index is 4710. The number of hydrogen-bond donors (Lipinski definition) is 0. The van der Waals surface area contributed by atoms with Gasteiger partial charge in [-0.15, -0.1) is 11.8 Å². The summed E-state index contributed by atoms with van der Waals surface area (Å²) in [6.45, 7) is 12.0. The fourth-order valence-electron chi connectivity index (χ4n) is 10.2. The van der Waals surface area contributed by atoms with E-state index in [1.807, 2.05) is 0 Å². The van der Waals surface area contributed by atoms with Gasteiger partial charge in [0.1, 0.15) is 0 Å². The number of ether oxygens (including phenoxy) is 3. The number of alkyl halides is 21. The zero-order valence-electron chi connectivity index (χ0n) is 59.1. The number of rotatable bonds is 18. The van der Waals surface area contributed by atoms with Gasteiger partial charge in [0.2, 0.25) is 17.7 Å². The molecule has 6 amide bonds. The van der Waals surface area contributed by atoms with Crippen molar-refractivity contribution in [2.75, 3.05) is 53.3 Å². The summed E-state index contributed by atoms with van der Waals surface area (Å²) in [6, 6.07) is 13.3. The number of sulfone groups is 1. The van der Waals surface area contributed by atoms with Gasteiger partial charge in [0.15, 0.2) is 9.84 Å². The third-order valence-electron chi connectivity index (χ3n) is 15.6. The molecule has 0 aliphatic rings. The molecule has 1 unspecified atom stereocenters. The fourth-order valence-corrected chi connectivity index (χ4v) is 13.3. The fraction of sp³-hybridized carbons (Fsp3) is 0.348. The summed E-state index contributed by atoms with van der Waals surface area (Å²) < 4.78 is 334. The lowest BCUT2D eigenvalue weighted by Gasteiger charge is -2.31. The summed E-state index contributed by atoms with van der Waals surface area (Å²) in [5, 5.41) is 0. The minimum atomic E-state index is -6.51. The van der Waals surface area contributed by atoms with Crippen molar-refractivity contribution in [3.05, 3.63) is 176 Å². The first-order valence-corrected chi connectivity index (χ1v) is 34.9. The average Bonchev–Trinajstić information content (AvgIpc) is 0.745. The van der Waals surface area contributed by atoms with Crippen molar-refractivity contribution in [3.8, 4) is 0 Å². The third-order valence-corrected chi connectivity index (χ3v) is 19.7. The predicted octanol–water partition coefficient (Wildman–Crippen LogP) is 16.8. The first-order chi connectivity index (χ1) is 50.7. The smallest absolute Gasteiger partial charge is 0.435 e. The Kier molecular flexibility index (Phi) is 29.3. The first kappa shape index (κ1) is 93.5. The molecule has 0 aromatic heterocycles. The largest absolute Gasteiger partial charge is 0.465 e. The SMILES string of the molecule is CCS(=O)(=O)c1cc(C)ccc1C(=O)N(C(C)=O)c1ccc(C(F)(C(F)(F)F)C(F)(F)F)cc1C(=O)OC.CCS(=O)c1cc(C)ccc1C(=O)N(C(C)=O)c1ccc(C(F)(C(F)(F)F)C(F)(F)F)cc1C(=O)OC.CCSc1cc(C)ccc1C(=O)N(C(C)=O)c1ccc(C(F)(C(F)(F)F)C(F)(F)F)cc1C(=O)OC. The molecule has 0 fully saturated rings. The monoisotopic (exact) mass is 1670 g/mol. The Balaban J connectivity index is 0.000000351. The molecule has 42 heteroatoms. The highest BCUT2D eigenvalue weighted by Crippen LogP contribution is 2.57. The molecule has 0 aliphatic carbocycles. The number of thioether (sulfide) groups is 1. The van der Waals surface area contributed by atoms with Crippen LogP contribution < -0.4 is 14.7 Å². The number of carbonyl (C=O) groups excluding carboxylic acids is 9. The number of esters is 3. The van der Waals surface area contributed by atoms with Crippen LogP contribution in [-0.4, -0.2) is 142 Å². The molecule has 0 saturated heterocycles. The zero-order chi connectivity index (χ0) is 85.6. The molecule has 0 N–H and O–H groups in total. The van der Waals surface area contributed by atoms with E-state index in [0.29, 0.717) is 52.0 Å². The van der Waals surface area contributed by atoms with E-state index in [1.165, 1.54) is 55.9 Å². The number of benzene rings is 6. The molecule has 18 nitrogen and oxygen atoms in total. The number of halogens is 21. The van der Waals surface area contributed by atoms with Crippen LogP contribution in [0, 0.1) is 20.8 Å². The van der Waals surface area contributed by atoms with Crippen molar-refractivity contribution in [2.45, 2.75) is 131 Å². The normalized spacial score (nSPS) is 12.7. The van der Waals surface area contributed by atoms with Crippen molar-refractivity contribution in [1.82, 2.24) is 0 Å². The quantitative estimate of drug-likeness (QED) is 0.0336. The van der Waals surface area contributed by atoms with Gasteiger partial charge >= 0.3 is 72.0 Å². The third kappa shape index (κ3) is 19.2. The standard InChI is InChI=1S/C23H20F7NO6S.C23H20F7NO5S.C23H20F7NO4S/c1-5-38(35,36)18-10-12(2)6-8-15(18)19(33)31(13(3)32)17-9-7-14(11-16(17)20(34)37-4)21(24,22(25,26)27)23(28,29)30;1-5-37(35)18-10-12(2)6-8-15(18)19(33)31(13(3)32)17-9-7-14(11-16(17)20(34)36-4)21(24,22(25,26)27)23(28,29)30;1-5-36-18-10-12(2)6-8-15(18)19(33)31(13(3)32)17-9-7-14(11-16(17)20(34)35-4)21(24,22(25,26)27)23(28,29)30/h6-11H,5H2,1-4H3;6-11H,5H2,1-4H3;6-11H,5H2,1-4H3. The number of methoxy groups -OCH3 is 3.